The first-order valence-corrected chi connectivity index (χ1v) is 8.73. The molecule has 2 heterocycles. The van der Waals surface area contributed by atoms with Gasteiger partial charge in [-0.05, 0) is 26.7 Å². The summed E-state index contributed by atoms with van der Waals surface area (Å²) in [7, 11) is 0. The van der Waals surface area contributed by atoms with Gasteiger partial charge >= 0.3 is 0 Å². The van der Waals surface area contributed by atoms with Crippen LogP contribution < -0.4 is 5.32 Å². The highest BCUT2D eigenvalue weighted by Gasteiger charge is 2.27. The lowest BCUT2D eigenvalue weighted by Crippen LogP contribution is -2.14. The normalized spacial score (nSPS) is 14.4. The number of hydrogen-bond acceptors (Lipinski definition) is 7. The van der Waals surface area contributed by atoms with E-state index in [2.05, 4.69) is 20.7 Å². The van der Waals surface area contributed by atoms with Crippen molar-refractivity contribution < 1.29 is 9.32 Å². The summed E-state index contributed by atoms with van der Waals surface area (Å²) in [6.45, 7) is 3.80. The molecule has 1 aliphatic rings. The molecule has 1 saturated carbocycles. The molecule has 0 bridgehead atoms. The van der Waals surface area contributed by atoms with E-state index >= 15 is 0 Å². The van der Waals surface area contributed by atoms with Gasteiger partial charge in [0.05, 0.1) is 11.4 Å². The molecule has 0 saturated heterocycles. The molecule has 1 N–H and O–H groups in total. The third-order valence-corrected chi connectivity index (χ3v) is 5.23. The van der Waals surface area contributed by atoms with Crippen molar-refractivity contribution in [3.8, 4) is 0 Å². The van der Waals surface area contributed by atoms with Crippen LogP contribution in [0.2, 0.25) is 0 Å². The van der Waals surface area contributed by atoms with E-state index in [0.717, 1.165) is 27.8 Å². The highest BCUT2D eigenvalue weighted by atomic mass is 32.2. The van der Waals surface area contributed by atoms with Gasteiger partial charge in [-0.25, -0.2) is 0 Å². The minimum absolute atomic E-state index is 0.0507. The molecule has 1 aliphatic carbocycles. The summed E-state index contributed by atoms with van der Waals surface area (Å²) in [6.07, 6.45) is 2.38. The number of amides is 1. The molecule has 1 amide bonds. The van der Waals surface area contributed by atoms with E-state index in [9.17, 15) is 4.79 Å². The highest BCUT2D eigenvalue weighted by molar-refractivity contribution is 7.99. The number of thioether (sulfide) groups is 1. The van der Waals surface area contributed by atoms with Gasteiger partial charge in [-0.15, -0.1) is 22.0 Å². The zero-order valence-electron chi connectivity index (χ0n) is 11.9. The van der Waals surface area contributed by atoms with Crippen LogP contribution in [0, 0.1) is 13.8 Å². The molecule has 2 aromatic rings. The summed E-state index contributed by atoms with van der Waals surface area (Å²) in [5, 5.41) is 16.4. The molecule has 0 atom stereocenters. The Morgan fingerprint density at radius 1 is 1.43 bits per heavy atom. The fourth-order valence-electron chi connectivity index (χ4n) is 1.89. The smallest absolute Gasteiger partial charge is 0.236 e. The van der Waals surface area contributed by atoms with Crippen molar-refractivity contribution in [2.75, 3.05) is 11.1 Å². The number of anilines is 1. The number of carbonyl (C=O) groups excluding carboxylic acids is 1. The Balaban J connectivity index is 1.45. The van der Waals surface area contributed by atoms with Gasteiger partial charge in [-0.3, -0.25) is 10.1 Å². The summed E-state index contributed by atoms with van der Waals surface area (Å²) in [4.78, 5) is 11.9. The predicted molar refractivity (Wildman–Crippen MR) is 82.7 cm³/mol. The topological polar surface area (TPSA) is 80.9 Å². The van der Waals surface area contributed by atoms with Crippen LogP contribution in [0.5, 0.6) is 0 Å². The molecule has 0 radical (unpaired) electrons. The van der Waals surface area contributed by atoms with Crippen molar-refractivity contribution in [1.29, 1.82) is 0 Å². The van der Waals surface area contributed by atoms with E-state index in [-0.39, 0.29) is 5.91 Å². The number of nitrogens with zero attached hydrogens (tertiary/aromatic N) is 3. The van der Waals surface area contributed by atoms with Gasteiger partial charge in [-0.1, -0.05) is 16.5 Å². The largest absolute Gasteiger partial charge is 0.361 e. The minimum Gasteiger partial charge on any atom is -0.361 e. The van der Waals surface area contributed by atoms with Crippen LogP contribution in [0.3, 0.4) is 0 Å². The van der Waals surface area contributed by atoms with Crippen molar-refractivity contribution in [2.24, 2.45) is 0 Å². The minimum atomic E-state index is -0.0507. The zero-order chi connectivity index (χ0) is 14.8. The number of aryl methyl sites for hydroxylation is 2. The Hall–Kier alpha value is -1.41. The Bertz CT molecular complexity index is 629. The van der Waals surface area contributed by atoms with Gasteiger partial charge in [0.2, 0.25) is 11.0 Å². The van der Waals surface area contributed by atoms with Crippen LogP contribution in [0.1, 0.15) is 40.8 Å². The molecule has 6 nitrogen and oxygen atoms in total. The quantitative estimate of drug-likeness (QED) is 0.880. The zero-order valence-corrected chi connectivity index (χ0v) is 13.5. The number of carbonyl (C=O) groups is 1. The fourth-order valence-corrected chi connectivity index (χ4v) is 3.79. The first-order valence-electron chi connectivity index (χ1n) is 6.76. The molecule has 21 heavy (non-hydrogen) atoms. The van der Waals surface area contributed by atoms with Gasteiger partial charge in [-0.2, -0.15) is 0 Å². The monoisotopic (exact) mass is 324 g/mol. The maximum Gasteiger partial charge on any atom is 0.236 e. The third kappa shape index (κ3) is 3.62. The van der Waals surface area contributed by atoms with Crippen LogP contribution >= 0.6 is 23.1 Å². The van der Waals surface area contributed by atoms with E-state index in [0.29, 0.717) is 16.8 Å². The molecule has 1 fully saturated rings. The molecule has 0 spiro atoms. The molecule has 3 rings (SSSR count). The van der Waals surface area contributed by atoms with Crippen LogP contribution in [0.4, 0.5) is 5.13 Å². The first-order chi connectivity index (χ1) is 10.1. The van der Waals surface area contributed by atoms with Crippen LogP contribution in [0.15, 0.2) is 4.52 Å². The standard InChI is InChI=1S/C13H16N4O2S2/c1-7-10(8(2)19-17-7)5-20-6-11(18)14-13-16-15-12(21-13)9-3-4-9/h9H,3-6H2,1-2H3,(H,14,16,18). The average molecular weight is 324 g/mol. The lowest BCUT2D eigenvalue weighted by Gasteiger charge is -2.01. The molecule has 0 aliphatic heterocycles. The molecule has 0 aromatic carbocycles. The Labute approximate surface area is 130 Å². The highest BCUT2D eigenvalue weighted by Crippen LogP contribution is 2.42. The second kappa shape index (κ2) is 6.15. The van der Waals surface area contributed by atoms with E-state index in [1.54, 1.807) is 0 Å². The molecular formula is C13H16N4O2S2. The number of hydrogen-bond donors (Lipinski definition) is 1. The lowest BCUT2D eigenvalue weighted by molar-refractivity contribution is -0.113. The van der Waals surface area contributed by atoms with Crippen LogP contribution in [-0.4, -0.2) is 27.0 Å². The molecule has 0 unspecified atom stereocenters. The average Bonchev–Trinajstić information content (AvgIpc) is 3.13. The Morgan fingerprint density at radius 3 is 2.90 bits per heavy atom. The lowest BCUT2D eigenvalue weighted by atomic mass is 10.2. The van der Waals surface area contributed by atoms with Gasteiger partial charge in [0.25, 0.3) is 0 Å². The van der Waals surface area contributed by atoms with Gasteiger partial charge in [0.1, 0.15) is 10.8 Å². The maximum atomic E-state index is 11.9. The summed E-state index contributed by atoms with van der Waals surface area (Å²) in [5.74, 6) is 2.44. The second-order valence-electron chi connectivity index (χ2n) is 5.06. The van der Waals surface area contributed by atoms with Crippen LogP contribution in [-0.2, 0) is 10.5 Å². The molecule has 8 heteroatoms. The van der Waals surface area contributed by atoms with Crippen molar-refractivity contribution >= 4 is 34.1 Å². The Morgan fingerprint density at radius 2 is 2.24 bits per heavy atom. The van der Waals surface area contributed by atoms with Crippen molar-refractivity contribution in [1.82, 2.24) is 15.4 Å². The van der Waals surface area contributed by atoms with E-state index in [1.807, 2.05) is 13.8 Å². The Kier molecular flexibility index (Phi) is 4.25. The van der Waals surface area contributed by atoms with Crippen LogP contribution in [0.25, 0.3) is 0 Å². The van der Waals surface area contributed by atoms with E-state index in [1.165, 1.54) is 35.9 Å². The predicted octanol–water partition coefficient (Wildman–Crippen LogP) is 2.89. The number of rotatable bonds is 6. The molecule has 2 aromatic heterocycles. The van der Waals surface area contributed by atoms with Gasteiger partial charge in [0.15, 0.2) is 0 Å². The van der Waals surface area contributed by atoms with E-state index in [4.69, 9.17) is 4.52 Å². The maximum absolute atomic E-state index is 11.9. The van der Waals surface area contributed by atoms with E-state index < -0.39 is 0 Å². The number of nitrogens with one attached hydrogen (secondary N) is 1. The second-order valence-corrected chi connectivity index (χ2v) is 7.06. The van der Waals surface area contributed by atoms with Crippen molar-refractivity contribution in [3.63, 3.8) is 0 Å². The SMILES string of the molecule is Cc1noc(C)c1CSCC(=O)Nc1nnc(C2CC2)s1. The number of aromatic nitrogens is 3. The first kappa shape index (κ1) is 14.5. The molecular weight excluding hydrogens is 308 g/mol. The molecule has 112 valence electrons. The van der Waals surface area contributed by atoms with Gasteiger partial charge < -0.3 is 4.52 Å². The summed E-state index contributed by atoms with van der Waals surface area (Å²) in [5.41, 5.74) is 1.96. The fraction of sp³-hybridized carbons (Fsp3) is 0.538. The summed E-state index contributed by atoms with van der Waals surface area (Å²) >= 11 is 3.02. The van der Waals surface area contributed by atoms with Gasteiger partial charge in [0, 0.05) is 17.2 Å². The summed E-state index contributed by atoms with van der Waals surface area (Å²) < 4.78 is 5.10. The van der Waals surface area contributed by atoms with Crippen molar-refractivity contribution in [3.05, 3.63) is 22.0 Å². The van der Waals surface area contributed by atoms with Crippen molar-refractivity contribution in [2.45, 2.75) is 38.4 Å². The summed E-state index contributed by atoms with van der Waals surface area (Å²) in [6, 6.07) is 0. The third-order valence-electron chi connectivity index (χ3n) is 3.27.